The Labute approximate surface area is 208 Å². The fourth-order valence-corrected chi connectivity index (χ4v) is 4.06. The van der Waals surface area contributed by atoms with E-state index in [1.165, 1.54) is 13.2 Å². The largest absolute Gasteiger partial charge is 0.508 e. The van der Waals surface area contributed by atoms with Crippen molar-refractivity contribution in [1.29, 1.82) is 0 Å². The normalized spacial score (nSPS) is 11.8. The molecule has 0 fully saturated rings. The van der Waals surface area contributed by atoms with Crippen LogP contribution in [0.2, 0.25) is 0 Å². The molecule has 190 valence electrons. The monoisotopic (exact) mass is 505 g/mol. The Morgan fingerprint density at radius 3 is 2.40 bits per heavy atom. The van der Waals surface area contributed by atoms with E-state index in [2.05, 4.69) is 16.0 Å². The van der Waals surface area contributed by atoms with Gasteiger partial charge in [0.1, 0.15) is 17.4 Å². The summed E-state index contributed by atoms with van der Waals surface area (Å²) in [6, 6.07) is 6.99. The van der Waals surface area contributed by atoms with Crippen LogP contribution in [0.15, 0.2) is 30.3 Å². The third-order valence-electron chi connectivity index (χ3n) is 4.62. The molecule has 0 spiro atoms. The Hall–Kier alpha value is -3.60. The number of aryl methyl sites for hydroxylation is 1. The van der Waals surface area contributed by atoms with Crippen LogP contribution in [0.5, 0.6) is 5.75 Å². The van der Waals surface area contributed by atoms with Crippen LogP contribution in [-0.4, -0.2) is 54.3 Å². The van der Waals surface area contributed by atoms with Gasteiger partial charge in [0.15, 0.2) is 0 Å². The van der Waals surface area contributed by atoms with Crippen LogP contribution in [0, 0.1) is 0 Å². The highest BCUT2D eigenvalue weighted by molar-refractivity contribution is 7.16. The van der Waals surface area contributed by atoms with E-state index in [4.69, 9.17) is 9.47 Å². The molecule has 2 rings (SSSR count). The van der Waals surface area contributed by atoms with E-state index >= 15 is 0 Å². The number of esters is 1. The highest BCUT2D eigenvalue weighted by Crippen LogP contribution is 2.24. The van der Waals surface area contributed by atoms with Crippen molar-refractivity contribution < 1.29 is 33.8 Å². The molecule has 4 N–H and O–H groups in total. The molecule has 3 amide bonds. The number of rotatable bonds is 9. The summed E-state index contributed by atoms with van der Waals surface area (Å²) in [6.45, 7) is 6.91. The van der Waals surface area contributed by atoms with Crippen LogP contribution in [-0.2, 0) is 27.2 Å². The maximum absolute atomic E-state index is 13.0. The summed E-state index contributed by atoms with van der Waals surface area (Å²) in [6.07, 6.45) is -0.255. The van der Waals surface area contributed by atoms with Crippen molar-refractivity contribution in [2.24, 2.45) is 0 Å². The number of amides is 3. The summed E-state index contributed by atoms with van der Waals surface area (Å²) < 4.78 is 9.89. The van der Waals surface area contributed by atoms with E-state index in [0.29, 0.717) is 16.9 Å². The second kappa shape index (κ2) is 12.2. The first-order valence-corrected chi connectivity index (χ1v) is 11.8. The summed E-state index contributed by atoms with van der Waals surface area (Å²) in [4.78, 5) is 50.3. The van der Waals surface area contributed by atoms with Gasteiger partial charge in [-0.1, -0.05) is 19.1 Å². The van der Waals surface area contributed by atoms with E-state index in [9.17, 15) is 24.3 Å². The predicted molar refractivity (Wildman–Crippen MR) is 130 cm³/mol. The van der Waals surface area contributed by atoms with E-state index in [1.54, 1.807) is 45.0 Å². The molecule has 2 aromatic rings. The molecule has 35 heavy (non-hydrogen) atoms. The molecule has 0 unspecified atom stereocenters. The van der Waals surface area contributed by atoms with E-state index < -0.39 is 29.6 Å². The number of hydrogen-bond donors (Lipinski definition) is 4. The van der Waals surface area contributed by atoms with Crippen molar-refractivity contribution in [1.82, 2.24) is 16.0 Å². The van der Waals surface area contributed by atoms with Crippen LogP contribution in [0.4, 0.5) is 4.79 Å². The smallest absolute Gasteiger partial charge is 0.407 e. The molecule has 0 aliphatic heterocycles. The van der Waals surface area contributed by atoms with Gasteiger partial charge in [0.2, 0.25) is 0 Å². The first kappa shape index (κ1) is 27.6. The molecule has 11 heteroatoms. The van der Waals surface area contributed by atoms with E-state index in [0.717, 1.165) is 16.9 Å². The second-order valence-electron chi connectivity index (χ2n) is 8.60. The number of phenolic OH excluding ortho intramolecular Hbond substituents is 1. The minimum absolute atomic E-state index is 0.0985. The van der Waals surface area contributed by atoms with Gasteiger partial charge in [-0.15, -0.1) is 11.3 Å². The van der Waals surface area contributed by atoms with Crippen LogP contribution in [0.1, 0.15) is 58.2 Å². The molecule has 10 nitrogen and oxygen atoms in total. The Morgan fingerprint density at radius 1 is 1.09 bits per heavy atom. The van der Waals surface area contributed by atoms with E-state index in [-0.39, 0.29) is 29.6 Å². The number of alkyl carbamates (subject to hydrolysis) is 1. The number of carbonyl (C=O) groups excluding carboxylic acids is 4. The number of phenols is 1. The molecular formula is C24H31N3O7S. The van der Waals surface area contributed by atoms with Crippen LogP contribution in [0.25, 0.3) is 0 Å². The molecule has 0 radical (unpaired) electrons. The van der Waals surface area contributed by atoms with Gasteiger partial charge >= 0.3 is 12.1 Å². The SMILES string of the molecule is CCc1cc(C(=O)NCc2cccc(O)c2)sc1C(=O)N[C@@H](CNC(=O)OC(C)(C)C)C(=O)OC. The lowest BCUT2D eigenvalue weighted by Gasteiger charge is -2.21. The maximum Gasteiger partial charge on any atom is 0.407 e. The Kier molecular flexibility index (Phi) is 9.64. The van der Waals surface area contributed by atoms with Crippen molar-refractivity contribution in [2.45, 2.75) is 52.3 Å². The van der Waals surface area contributed by atoms with Gasteiger partial charge in [-0.25, -0.2) is 9.59 Å². The average molecular weight is 506 g/mol. The fourth-order valence-electron chi connectivity index (χ4n) is 2.99. The Balaban J connectivity index is 2.08. The number of methoxy groups -OCH3 is 1. The zero-order valence-corrected chi connectivity index (χ0v) is 21.2. The third kappa shape index (κ3) is 8.60. The van der Waals surface area contributed by atoms with Gasteiger partial charge in [0, 0.05) is 6.54 Å². The van der Waals surface area contributed by atoms with Crippen molar-refractivity contribution in [2.75, 3.05) is 13.7 Å². The quantitative estimate of drug-likeness (QED) is 0.384. The van der Waals surface area contributed by atoms with Crippen LogP contribution < -0.4 is 16.0 Å². The highest BCUT2D eigenvalue weighted by atomic mass is 32.1. The molecule has 0 saturated carbocycles. The first-order valence-electron chi connectivity index (χ1n) is 11.0. The number of carbonyl (C=O) groups is 4. The molecule has 1 aromatic heterocycles. The maximum atomic E-state index is 13.0. The number of thiophene rings is 1. The van der Waals surface area contributed by atoms with Gasteiger partial charge in [-0.3, -0.25) is 9.59 Å². The summed E-state index contributed by atoms with van der Waals surface area (Å²) >= 11 is 0.995. The zero-order chi connectivity index (χ0) is 26.2. The van der Waals surface area contributed by atoms with E-state index in [1.807, 2.05) is 6.92 Å². The van der Waals surface area contributed by atoms with Crippen molar-refractivity contribution >= 4 is 35.2 Å². The van der Waals surface area contributed by atoms with Crippen LogP contribution in [0.3, 0.4) is 0 Å². The topological polar surface area (TPSA) is 143 Å². The van der Waals surface area contributed by atoms with Gasteiger partial charge in [0.05, 0.1) is 23.4 Å². The van der Waals surface area contributed by atoms with Crippen molar-refractivity contribution in [3.63, 3.8) is 0 Å². The Morgan fingerprint density at radius 2 is 1.80 bits per heavy atom. The number of nitrogens with one attached hydrogen (secondary N) is 3. The lowest BCUT2D eigenvalue weighted by Crippen LogP contribution is -2.49. The van der Waals surface area contributed by atoms with Crippen molar-refractivity contribution in [3.05, 3.63) is 51.2 Å². The number of hydrogen-bond acceptors (Lipinski definition) is 8. The van der Waals surface area contributed by atoms with Crippen LogP contribution >= 0.6 is 11.3 Å². The van der Waals surface area contributed by atoms with Gasteiger partial charge in [0.25, 0.3) is 11.8 Å². The summed E-state index contributed by atoms with van der Waals surface area (Å²) in [7, 11) is 1.17. The number of benzene rings is 1. The van der Waals surface area contributed by atoms with Crippen molar-refractivity contribution in [3.8, 4) is 5.75 Å². The molecule has 1 heterocycles. The lowest BCUT2D eigenvalue weighted by molar-refractivity contribution is -0.142. The standard InChI is InChI=1S/C24H31N3O7S/c1-6-15-11-18(20(29)25-12-14-8-7-9-16(28)10-14)35-19(15)21(30)27-17(22(31)33-5)13-26-23(32)34-24(2,3)4/h7-11,17,28H,6,12-13H2,1-5H3,(H,25,29)(H,26,32)(H,27,30)/t17-/m0/s1. The number of ether oxygens (including phenoxy) is 2. The highest BCUT2D eigenvalue weighted by Gasteiger charge is 2.27. The summed E-state index contributed by atoms with van der Waals surface area (Å²) in [5.41, 5.74) is 0.639. The van der Waals surface area contributed by atoms with Gasteiger partial charge in [-0.05, 0) is 56.5 Å². The molecule has 0 bridgehead atoms. The zero-order valence-electron chi connectivity index (χ0n) is 20.4. The van der Waals surface area contributed by atoms with Gasteiger partial charge in [-0.2, -0.15) is 0 Å². The summed E-state index contributed by atoms with van der Waals surface area (Å²) in [5.74, 6) is -1.59. The molecular weight excluding hydrogens is 474 g/mol. The number of aromatic hydroxyl groups is 1. The Bertz CT molecular complexity index is 1080. The minimum atomic E-state index is -1.16. The predicted octanol–water partition coefficient (Wildman–Crippen LogP) is 2.74. The fraction of sp³-hybridized carbons (Fsp3) is 0.417. The first-order chi connectivity index (χ1) is 16.4. The third-order valence-corrected chi connectivity index (χ3v) is 5.80. The molecule has 0 saturated heterocycles. The minimum Gasteiger partial charge on any atom is -0.508 e. The average Bonchev–Trinajstić information content (AvgIpc) is 3.23. The lowest BCUT2D eigenvalue weighted by atomic mass is 10.1. The molecule has 1 aromatic carbocycles. The molecule has 0 aliphatic carbocycles. The molecule has 0 aliphatic rings. The summed E-state index contributed by atoms with van der Waals surface area (Å²) in [5, 5.41) is 17.3. The second-order valence-corrected chi connectivity index (χ2v) is 9.66. The molecule has 1 atom stereocenters. The van der Waals surface area contributed by atoms with Gasteiger partial charge < -0.3 is 30.5 Å².